The molecule has 2 rings (SSSR count). The van der Waals surface area contributed by atoms with E-state index >= 15 is 0 Å². The van der Waals surface area contributed by atoms with Crippen LogP contribution in [0.3, 0.4) is 0 Å². The highest BCUT2D eigenvalue weighted by Gasteiger charge is 2.18. The lowest BCUT2D eigenvalue weighted by Crippen LogP contribution is -2.22. The lowest BCUT2D eigenvalue weighted by atomic mass is 10.2. The number of hydrogen-bond donors (Lipinski definition) is 2. The number of rotatable bonds is 5. The van der Waals surface area contributed by atoms with Crippen molar-refractivity contribution < 1.29 is 12.8 Å². The van der Waals surface area contributed by atoms with Crippen LogP contribution < -0.4 is 10.5 Å². The summed E-state index contributed by atoms with van der Waals surface area (Å²) in [6.07, 6.45) is 0. The summed E-state index contributed by atoms with van der Waals surface area (Å²) < 4.78 is 31.4. The van der Waals surface area contributed by atoms with Crippen molar-refractivity contribution in [3.05, 3.63) is 52.7 Å². The minimum Gasteiger partial charge on any atom is -0.447 e. The molecule has 0 aliphatic carbocycles. The smallest absolute Gasteiger partial charge is 0.274 e. The summed E-state index contributed by atoms with van der Waals surface area (Å²) in [5.41, 5.74) is 6.13. The molecule has 0 saturated carbocycles. The zero-order valence-electron chi connectivity index (χ0n) is 9.97. The molecule has 3 N–H and O–H groups in total. The predicted octanol–water partition coefficient (Wildman–Crippen LogP) is 1.87. The molecule has 0 atom stereocenters. The van der Waals surface area contributed by atoms with Crippen LogP contribution in [0.15, 0.2) is 45.9 Å². The summed E-state index contributed by atoms with van der Waals surface area (Å²) in [5, 5.41) is 0.412. The summed E-state index contributed by atoms with van der Waals surface area (Å²) in [6, 6.07) is 9.86. The Kier molecular flexibility index (Phi) is 4.26. The average molecular weight is 301 g/mol. The SMILES string of the molecule is NCc1ccc(S(=O)(=O)NCc2cccc(Cl)c2)o1. The molecule has 7 heteroatoms. The molecule has 1 heterocycles. The minimum atomic E-state index is -3.68. The van der Waals surface area contributed by atoms with Crippen molar-refractivity contribution in [2.75, 3.05) is 0 Å². The average Bonchev–Trinajstić information content (AvgIpc) is 2.86. The lowest BCUT2D eigenvalue weighted by Gasteiger charge is -2.04. The number of halogens is 1. The second-order valence-corrected chi connectivity index (χ2v) is 6.01. The fourth-order valence-electron chi connectivity index (χ4n) is 1.51. The van der Waals surface area contributed by atoms with Crippen molar-refractivity contribution >= 4 is 21.6 Å². The Bertz CT molecular complexity index is 667. The highest BCUT2D eigenvalue weighted by Crippen LogP contribution is 2.15. The van der Waals surface area contributed by atoms with Crippen molar-refractivity contribution in [1.29, 1.82) is 0 Å². The number of nitrogens with one attached hydrogen (secondary N) is 1. The summed E-state index contributed by atoms with van der Waals surface area (Å²) in [5.74, 6) is 0.420. The van der Waals surface area contributed by atoms with Gasteiger partial charge in [0.25, 0.3) is 10.0 Å². The van der Waals surface area contributed by atoms with Crippen molar-refractivity contribution in [1.82, 2.24) is 4.72 Å². The maximum Gasteiger partial charge on any atom is 0.274 e. The van der Waals surface area contributed by atoms with Gasteiger partial charge < -0.3 is 10.2 Å². The van der Waals surface area contributed by atoms with Gasteiger partial charge in [0.05, 0.1) is 6.54 Å². The number of sulfonamides is 1. The van der Waals surface area contributed by atoms with E-state index in [-0.39, 0.29) is 18.2 Å². The molecule has 0 amide bonds. The zero-order chi connectivity index (χ0) is 13.9. The Balaban J connectivity index is 2.09. The van der Waals surface area contributed by atoms with Gasteiger partial charge in [-0.3, -0.25) is 0 Å². The largest absolute Gasteiger partial charge is 0.447 e. The van der Waals surface area contributed by atoms with E-state index in [0.29, 0.717) is 10.8 Å². The standard InChI is InChI=1S/C12H13ClN2O3S/c13-10-3-1-2-9(6-10)8-15-19(16,17)12-5-4-11(7-14)18-12/h1-6,15H,7-8,14H2. The van der Waals surface area contributed by atoms with E-state index in [9.17, 15) is 8.42 Å². The summed E-state index contributed by atoms with van der Waals surface area (Å²) in [4.78, 5) is 0. The van der Waals surface area contributed by atoms with Gasteiger partial charge in [0.2, 0.25) is 5.09 Å². The van der Waals surface area contributed by atoms with Crippen molar-refractivity contribution in [3.63, 3.8) is 0 Å². The number of benzene rings is 1. The van der Waals surface area contributed by atoms with Gasteiger partial charge in [0.15, 0.2) is 0 Å². The van der Waals surface area contributed by atoms with Crippen LogP contribution in [0.25, 0.3) is 0 Å². The minimum absolute atomic E-state index is 0.140. The van der Waals surface area contributed by atoms with Gasteiger partial charge in [-0.15, -0.1) is 0 Å². The first-order valence-corrected chi connectivity index (χ1v) is 7.40. The highest BCUT2D eigenvalue weighted by atomic mass is 35.5. The van der Waals surface area contributed by atoms with E-state index in [4.69, 9.17) is 21.8 Å². The molecule has 0 aliphatic rings. The van der Waals surface area contributed by atoms with Crippen LogP contribution >= 0.6 is 11.6 Å². The third kappa shape index (κ3) is 3.57. The fraction of sp³-hybridized carbons (Fsp3) is 0.167. The van der Waals surface area contributed by atoms with Crippen LogP contribution in [-0.4, -0.2) is 8.42 Å². The first kappa shape index (κ1) is 14.1. The van der Waals surface area contributed by atoms with Gasteiger partial charge in [0, 0.05) is 11.6 Å². The Morgan fingerprint density at radius 2 is 2.05 bits per heavy atom. The first-order valence-electron chi connectivity index (χ1n) is 5.54. The molecule has 0 unspecified atom stereocenters. The highest BCUT2D eigenvalue weighted by molar-refractivity contribution is 7.89. The zero-order valence-corrected chi connectivity index (χ0v) is 11.5. The molecule has 19 heavy (non-hydrogen) atoms. The van der Waals surface area contributed by atoms with Gasteiger partial charge in [-0.2, -0.15) is 0 Å². The second-order valence-electron chi connectivity index (χ2n) is 3.88. The van der Waals surface area contributed by atoms with Crippen LogP contribution in [0.2, 0.25) is 5.02 Å². The van der Waals surface area contributed by atoms with Crippen molar-refractivity contribution in [2.45, 2.75) is 18.2 Å². The molecule has 1 aromatic carbocycles. The summed E-state index contributed by atoms with van der Waals surface area (Å²) in [7, 11) is -3.68. The molecular weight excluding hydrogens is 288 g/mol. The Morgan fingerprint density at radius 1 is 1.26 bits per heavy atom. The summed E-state index contributed by atoms with van der Waals surface area (Å²) in [6.45, 7) is 0.297. The topological polar surface area (TPSA) is 85.3 Å². The van der Waals surface area contributed by atoms with Gasteiger partial charge in [-0.25, -0.2) is 13.1 Å². The Labute approximate surface area is 116 Å². The third-order valence-corrected chi connectivity index (χ3v) is 3.97. The van der Waals surface area contributed by atoms with E-state index in [2.05, 4.69) is 4.72 Å². The van der Waals surface area contributed by atoms with E-state index in [1.165, 1.54) is 12.1 Å². The number of hydrogen-bond acceptors (Lipinski definition) is 4. The lowest BCUT2D eigenvalue weighted by molar-refractivity contribution is 0.413. The molecule has 1 aromatic heterocycles. The molecule has 0 spiro atoms. The fourth-order valence-corrected chi connectivity index (χ4v) is 2.68. The molecule has 0 bridgehead atoms. The van der Waals surface area contributed by atoms with Gasteiger partial charge in [-0.05, 0) is 29.8 Å². The molecule has 5 nitrogen and oxygen atoms in total. The van der Waals surface area contributed by atoms with Crippen LogP contribution in [0, 0.1) is 0 Å². The Morgan fingerprint density at radius 3 is 2.68 bits per heavy atom. The van der Waals surface area contributed by atoms with Crippen molar-refractivity contribution in [2.24, 2.45) is 5.73 Å². The van der Waals surface area contributed by atoms with Crippen LogP contribution in [-0.2, 0) is 23.1 Å². The van der Waals surface area contributed by atoms with E-state index in [1.807, 2.05) is 0 Å². The van der Waals surface area contributed by atoms with Gasteiger partial charge in [-0.1, -0.05) is 23.7 Å². The van der Waals surface area contributed by atoms with Crippen molar-refractivity contribution in [3.8, 4) is 0 Å². The van der Waals surface area contributed by atoms with E-state index in [1.54, 1.807) is 24.3 Å². The summed E-state index contributed by atoms with van der Waals surface area (Å²) >= 11 is 5.82. The van der Waals surface area contributed by atoms with Crippen LogP contribution in [0.5, 0.6) is 0 Å². The first-order chi connectivity index (χ1) is 9.01. The second kappa shape index (κ2) is 5.75. The van der Waals surface area contributed by atoms with Gasteiger partial charge in [0.1, 0.15) is 5.76 Å². The van der Waals surface area contributed by atoms with E-state index < -0.39 is 10.0 Å². The molecule has 0 aliphatic heterocycles. The van der Waals surface area contributed by atoms with Crippen LogP contribution in [0.4, 0.5) is 0 Å². The normalized spacial score (nSPS) is 11.7. The molecule has 2 aromatic rings. The van der Waals surface area contributed by atoms with Crippen LogP contribution in [0.1, 0.15) is 11.3 Å². The third-order valence-electron chi connectivity index (χ3n) is 2.46. The molecule has 0 fully saturated rings. The monoisotopic (exact) mass is 300 g/mol. The number of furan rings is 1. The molecule has 0 saturated heterocycles. The molecule has 102 valence electrons. The molecule has 0 radical (unpaired) electrons. The predicted molar refractivity (Wildman–Crippen MR) is 72.1 cm³/mol. The Hall–Kier alpha value is -1.34. The van der Waals surface area contributed by atoms with Gasteiger partial charge >= 0.3 is 0 Å². The maximum absolute atomic E-state index is 11.9. The maximum atomic E-state index is 11.9. The van der Waals surface area contributed by atoms with E-state index in [0.717, 1.165) is 5.56 Å². The number of nitrogens with two attached hydrogens (primary N) is 1. The molecular formula is C12H13ClN2O3S. The quantitative estimate of drug-likeness (QED) is 0.882.